The second-order valence-electron chi connectivity index (χ2n) is 3.37. The van der Waals surface area contributed by atoms with Crippen molar-refractivity contribution in [3.63, 3.8) is 0 Å². The fourth-order valence-corrected chi connectivity index (χ4v) is 2.12. The highest BCUT2D eigenvalue weighted by Crippen LogP contribution is 2.52. The molecule has 0 radical (unpaired) electrons. The molecule has 2 unspecified atom stereocenters. The zero-order valence-corrected chi connectivity index (χ0v) is 6.99. The fourth-order valence-electron chi connectivity index (χ4n) is 2.12. The number of piperidine rings is 1. The van der Waals surface area contributed by atoms with Gasteiger partial charge in [-0.3, -0.25) is 14.5 Å². The van der Waals surface area contributed by atoms with E-state index in [1.807, 2.05) is 6.92 Å². The lowest BCUT2D eigenvalue weighted by atomic mass is 10.2. The van der Waals surface area contributed by atoms with Crippen molar-refractivity contribution < 1.29 is 9.59 Å². The average Bonchev–Trinajstić information content (AvgIpc) is 2.72. The molecule has 2 amide bonds. The van der Waals surface area contributed by atoms with Gasteiger partial charge in [0.2, 0.25) is 11.8 Å². The smallest absolute Gasteiger partial charge is 0.233 e. The summed E-state index contributed by atoms with van der Waals surface area (Å²) in [5.41, 5.74) is 5.41. The van der Waals surface area contributed by atoms with E-state index in [4.69, 9.17) is 5.73 Å². The normalized spacial score (nSPS) is 38.8. The molecule has 4 nitrogen and oxygen atoms in total. The summed E-state index contributed by atoms with van der Waals surface area (Å²) in [7, 11) is 0. The number of hydrogen-bond donors (Lipinski definition) is 1. The Hall–Kier alpha value is -0.900. The minimum absolute atomic E-state index is 0.0112. The molecule has 0 aromatic rings. The highest BCUT2D eigenvalue weighted by atomic mass is 16.2. The number of carbonyl (C=O) groups excluding carboxylic acids is 2. The number of nitrogens with two attached hydrogens (primary N) is 1. The molecule has 1 aliphatic carbocycles. The van der Waals surface area contributed by atoms with Gasteiger partial charge in [-0.25, -0.2) is 0 Å². The molecule has 2 atom stereocenters. The Kier molecular flexibility index (Phi) is 1.48. The molecular weight excluding hydrogens is 156 g/mol. The van der Waals surface area contributed by atoms with Crippen molar-refractivity contribution >= 4 is 11.8 Å². The number of carbonyl (C=O) groups is 2. The molecule has 12 heavy (non-hydrogen) atoms. The first-order chi connectivity index (χ1) is 5.72. The summed E-state index contributed by atoms with van der Waals surface area (Å²) in [6, 6.07) is 0. The molecule has 4 heteroatoms. The maximum Gasteiger partial charge on any atom is 0.233 e. The highest BCUT2D eigenvalue weighted by Gasteiger charge is 2.65. The minimum atomic E-state index is -0.0672. The van der Waals surface area contributed by atoms with Crippen molar-refractivity contribution in [2.45, 2.75) is 6.92 Å². The van der Waals surface area contributed by atoms with Gasteiger partial charge in [0.05, 0.1) is 11.8 Å². The number of amides is 2. The molecule has 2 aliphatic rings. The second-order valence-corrected chi connectivity index (χ2v) is 3.37. The van der Waals surface area contributed by atoms with Crippen LogP contribution in [0.25, 0.3) is 0 Å². The highest BCUT2D eigenvalue weighted by molar-refractivity contribution is 6.09. The average molecular weight is 168 g/mol. The van der Waals surface area contributed by atoms with Crippen molar-refractivity contribution in [3.8, 4) is 0 Å². The standard InChI is InChI=1S/C8H12N2O2/c1-2-10-7(11)5-4(3-9)6(5)8(10)12/h4-6H,2-3,9H2,1H3. The summed E-state index contributed by atoms with van der Waals surface area (Å²) in [5.74, 6) is -0.0106. The topological polar surface area (TPSA) is 63.4 Å². The molecule has 1 saturated carbocycles. The lowest BCUT2D eigenvalue weighted by molar-refractivity contribution is -0.141. The molecule has 0 spiro atoms. The third kappa shape index (κ3) is 0.705. The van der Waals surface area contributed by atoms with Gasteiger partial charge in [-0.15, -0.1) is 0 Å². The minimum Gasteiger partial charge on any atom is -0.330 e. The molecule has 2 rings (SSSR count). The summed E-state index contributed by atoms with van der Waals surface area (Å²) >= 11 is 0. The predicted molar refractivity (Wildman–Crippen MR) is 41.9 cm³/mol. The van der Waals surface area contributed by atoms with Crippen LogP contribution in [-0.2, 0) is 9.59 Å². The first kappa shape index (κ1) is 7.73. The molecule has 2 N–H and O–H groups in total. The number of likely N-dealkylation sites (tertiary alicyclic amines) is 1. The molecule has 0 bridgehead atoms. The van der Waals surface area contributed by atoms with Gasteiger partial charge in [-0.05, 0) is 19.4 Å². The van der Waals surface area contributed by atoms with Crippen LogP contribution in [0, 0.1) is 17.8 Å². The zero-order chi connectivity index (χ0) is 8.88. The van der Waals surface area contributed by atoms with Crippen LogP contribution in [-0.4, -0.2) is 29.8 Å². The van der Waals surface area contributed by atoms with Crippen LogP contribution in [0.2, 0.25) is 0 Å². The van der Waals surface area contributed by atoms with Gasteiger partial charge in [0.1, 0.15) is 0 Å². The molecule has 2 fully saturated rings. The van der Waals surface area contributed by atoms with E-state index in [0.29, 0.717) is 13.1 Å². The van der Waals surface area contributed by atoms with E-state index < -0.39 is 0 Å². The Morgan fingerprint density at radius 2 is 1.83 bits per heavy atom. The number of rotatable bonds is 2. The van der Waals surface area contributed by atoms with Gasteiger partial charge in [0, 0.05) is 6.54 Å². The summed E-state index contributed by atoms with van der Waals surface area (Å²) in [6.07, 6.45) is 0. The molecule has 1 aliphatic heterocycles. The quantitative estimate of drug-likeness (QED) is 0.549. The summed E-state index contributed by atoms with van der Waals surface area (Å²) in [6.45, 7) is 2.78. The van der Waals surface area contributed by atoms with Gasteiger partial charge in [0.25, 0.3) is 0 Å². The van der Waals surface area contributed by atoms with E-state index in [9.17, 15) is 9.59 Å². The molecule has 0 aromatic heterocycles. The van der Waals surface area contributed by atoms with Crippen LogP contribution in [0.4, 0.5) is 0 Å². The van der Waals surface area contributed by atoms with Crippen molar-refractivity contribution in [3.05, 3.63) is 0 Å². The third-order valence-electron chi connectivity index (χ3n) is 2.86. The predicted octanol–water partition coefficient (Wildman–Crippen LogP) is -0.804. The van der Waals surface area contributed by atoms with Gasteiger partial charge in [-0.1, -0.05) is 0 Å². The lowest BCUT2D eigenvalue weighted by Crippen LogP contribution is -2.35. The Labute approximate surface area is 70.7 Å². The fraction of sp³-hybridized carbons (Fsp3) is 0.750. The lowest BCUT2D eigenvalue weighted by Gasteiger charge is -2.14. The Morgan fingerprint density at radius 1 is 1.33 bits per heavy atom. The van der Waals surface area contributed by atoms with Crippen molar-refractivity contribution in [2.24, 2.45) is 23.5 Å². The van der Waals surface area contributed by atoms with E-state index >= 15 is 0 Å². The van der Waals surface area contributed by atoms with Gasteiger partial charge in [0.15, 0.2) is 0 Å². The number of fused-ring (bicyclic) bond motifs is 1. The molecule has 1 saturated heterocycles. The molecule has 0 aromatic carbocycles. The van der Waals surface area contributed by atoms with Crippen molar-refractivity contribution in [1.29, 1.82) is 0 Å². The van der Waals surface area contributed by atoms with E-state index in [-0.39, 0.29) is 29.6 Å². The van der Waals surface area contributed by atoms with Crippen LogP contribution in [0.15, 0.2) is 0 Å². The maximum atomic E-state index is 11.4. The molecule has 66 valence electrons. The van der Waals surface area contributed by atoms with E-state index in [1.165, 1.54) is 4.90 Å². The van der Waals surface area contributed by atoms with Gasteiger partial charge < -0.3 is 5.73 Å². The Morgan fingerprint density at radius 3 is 2.17 bits per heavy atom. The number of nitrogens with zero attached hydrogens (tertiary/aromatic N) is 1. The van der Waals surface area contributed by atoms with Crippen molar-refractivity contribution in [1.82, 2.24) is 4.90 Å². The summed E-state index contributed by atoms with van der Waals surface area (Å²) < 4.78 is 0. The Balaban J connectivity index is 2.16. The van der Waals surface area contributed by atoms with Crippen LogP contribution in [0.3, 0.4) is 0 Å². The van der Waals surface area contributed by atoms with Gasteiger partial charge >= 0.3 is 0 Å². The summed E-state index contributed by atoms with van der Waals surface area (Å²) in [5, 5.41) is 0. The number of imide groups is 1. The summed E-state index contributed by atoms with van der Waals surface area (Å²) in [4.78, 5) is 24.1. The van der Waals surface area contributed by atoms with Crippen LogP contribution < -0.4 is 5.73 Å². The van der Waals surface area contributed by atoms with Gasteiger partial charge in [-0.2, -0.15) is 0 Å². The first-order valence-electron chi connectivity index (χ1n) is 4.27. The number of hydrogen-bond acceptors (Lipinski definition) is 3. The molecular formula is C8H12N2O2. The Bertz CT molecular complexity index is 229. The first-order valence-corrected chi connectivity index (χ1v) is 4.27. The van der Waals surface area contributed by atoms with E-state index in [1.54, 1.807) is 0 Å². The molecule has 1 heterocycles. The monoisotopic (exact) mass is 168 g/mol. The zero-order valence-electron chi connectivity index (χ0n) is 6.99. The van der Waals surface area contributed by atoms with Crippen LogP contribution in [0.1, 0.15) is 6.92 Å². The van der Waals surface area contributed by atoms with E-state index in [2.05, 4.69) is 0 Å². The maximum absolute atomic E-state index is 11.4. The van der Waals surface area contributed by atoms with Crippen LogP contribution >= 0.6 is 0 Å². The van der Waals surface area contributed by atoms with Crippen molar-refractivity contribution in [2.75, 3.05) is 13.1 Å². The SMILES string of the molecule is CCN1C(=O)C2C(CN)C2C1=O. The van der Waals surface area contributed by atoms with Crippen LogP contribution in [0.5, 0.6) is 0 Å². The third-order valence-corrected chi connectivity index (χ3v) is 2.86. The largest absolute Gasteiger partial charge is 0.330 e. The second kappa shape index (κ2) is 2.29. The van der Waals surface area contributed by atoms with E-state index in [0.717, 1.165) is 0 Å².